The van der Waals surface area contributed by atoms with Crippen LogP contribution in [0.25, 0.3) is 0 Å². The second-order valence-electron chi connectivity index (χ2n) is 7.95. The standard InChI is InChI=1S/C21H32F3NO2/c1-7-9-10-16(21(22,23)24)12-11-15(8-2)14(3)17-13-18(25-17)19(26)27-20(4,5)6/h8,10-12,14,17-18,25H,7,9,13H2,1-6H3/b12-11-,15-8+,16-10-/t14-,17?,18?/m1/s1. The number of halogens is 3. The van der Waals surface area contributed by atoms with Crippen molar-refractivity contribution < 1.29 is 22.7 Å². The summed E-state index contributed by atoms with van der Waals surface area (Å²) in [6.45, 7) is 11.1. The lowest BCUT2D eigenvalue weighted by Crippen LogP contribution is -2.60. The van der Waals surface area contributed by atoms with Gasteiger partial charge in [-0.2, -0.15) is 13.2 Å². The van der Waals surface area contributed by atoms with Crippen molar-refractivity contribution in [3.63, 3.8) is 0 Å². The van der Waals surface area contributed by atoms with E-state index < -0.39 is 17.4 Å². The lowest BCUT2D eigenvalue weighted by Gasteiger charge is -2.40. The highest BCUT2D eigenvalue weighted by Gasteiger charge is 2.39. The zero-order valence-electron chi connectivity index (χ0n) is 17.1. The Balaban J connectivity index is 2.71. The molecule has 1 aliphatic heterocycles. The van der Waals surface area contributed by atoms with Gasteiger partial charge in [0.25, 0.3) is 0 Å². The Hall–Kier alpha value is -1.56. The molecule has 0 aliphatic carbocycles. The molecular formula is C21H32F3NO2. The highest BCUT2D eigenvalue weighted by Crippen LogP contribution is 2.30. The fourth-order valence-electron chi connectivity index (χ4n) is 2.88. The van der Waals surface area contributed by atoms with Crippen molar-refractivity contribution in [1.82, 2.24) is 5.32 Å². The molecule has 0 aromatic carbocycles. The van der Waals surface area contributed by atoms with Crippen LogP contribution in [0.4, 0.5) is 13.2 Å². The molecule has 1 saturated heterocycles. The van der Waals surface area contributed by atoms with Crippen LogP contribution in [0.3, 0.4) is 0 Å². The van der Waals surface area contributed by atoms with Crippen LogP contribution in [-0.4, -0.2) is 29.8 Å². The number of rotatable bonds is 7. The summed E-state index contributed by atoms with van der Waals surface area (Å²) in [7, 11) is 0. The van der Waals surface area contributed by atoms with Crippen LogP contribution in [-0.2, 0) is 9.53 Å². The van der Waals surface area contributed by atoms with E-state index in [0.717, 1.165) is 11.6 Å². The van der Waals surface area contributed by atoms with Gasteiger partial charge in [-0.1, -0.05) is 44.6 Å². The van der Waals surface area contributed by atoms with Crippen molar-refractivity contribution in [2.75, 3.05) is 0 Å². The molecule has 27 heavy (non-hydrogen) atoms. The molecule has 0 aromatic heterocycles. The van der Waals surface area contributed by atoms with Gasteiger partial charge in [-0.3, -0.25) is 4.79 Å². The van der Waals surface area contributed by atoms with Crippen molar-refractivity contribution in [1.29, 1.82) is 0 Å². The summed E-state index contributed by atoms with van der Waals surface area (Å²) in [5.41, 5.74) is -0.350. The third-order valence-electron chi connectivity index (χ3n) is 4.49. The van der Waals surface area contributed by atoms with E-state index in [9.17, 15) is 18.0 Å². The molecule has 0 radical (unpaired) electrons. The molecule has 1 aliphatic rings. The van der Waals surface area contributed by atoms with Gasteiger partial charge in [0.15, 0.2) is 0 Å². The molecule has 0 bridgehead atoms. The van der Waals surface area contributed by atoms with E-state index in [4.69, 9.17) is 4.74 Å². The smallest absolute Gasteiger partial charge is 0.416 e. The largest absolute Gasteiger partial charge is 0.459 e. The van der Waals surface area contributed by atoms with E-state index in [1.807, 2.05) is 47.6 Å². The van der Waals surface area contributed by atoms with E-state index in [0.29, 0.717) is 19.3 Å². The predicted molar refractivity (Wildman–Crippen MR) is 102 cm³/mol. The summed E-state index contributed by atoms with van der Waals surface area (Å²) in [5, 5.41) is 3.18. The first-order valence-corrected chi connectivity index (χ1v) is 9.49. The number of hydrogen-bond donors (Lipinski definition) is 1. The number of allylic oxidation sites excluding steroid dienone is 5. The number of hydrogen-bond acceptors (Lipinski definition) is 3. The van der Waals surface area contributed by atoms with Gasteiger partial charge in [0.05, 0.1) is 5.57 Å². The van der Waals surface area contributed by atoms with Gasteiger partial charge in [-0.05, 0) is 52.0 Å². The van der Waals surface area contributed by atoms with Crippen molar-refractivity contribution in [2.24, 2.45) is 5.92 Å². The third-order valence-corrected chi connectivity index (χ3v) is 4.49. The number of carbonyl (C=O) groups is 1. The molecule has 1 N–H and O–H groups in total. The summed E-state index contributed by atoms with van der Waals surface area (Å²) >= 11 is 0. The van der Waals surface area contributed by atoms with Crippen LogP contribution in [0.2, 0.25) is 0 Å². The quantitative estimate of drug-likeness (QED) is 0.464. The molecule has 1 fully saturated rings. The summed E-state index contributed by atoms with van der Waals surface area (Å²) in [6, 6.07) is -0.318. The molecule has 2 unspecified atom stereocenters. The van der Waals surface area contributed by atoms with Gasteiger partial charge in [-0.25, -0.2) is 0 Å². The number of unbranched alkanes of at least 4 members (excludes halogenated alkanes) is 1. The maximum Gasteiger partial charge on any atom is 0.416 e. The van der Waals surface area contributed by atoms with E-state index in [-0.39, 0.29) is 24.0 Å². The third kappa shape index (κ3) is 7.53. The molecule has 3 nitrogen and oxygen atoms in total. The molecule has 1 rings (SSSR count). The monoisotopic (exact) mass is 387 g/mol. The van der Waals surface area contributed by atoms with Gasteiger partial charge in [0, 0.05) is 6.04 Å². The fourth-order valence-corrected chi connectivity index (χ4v) is 2.88. The molecule has 6 heteroatoms. The minimum absolute atomic E-state index is 0.00871. The van der Waals surface area contributed by atoms with Crippen molar-refractivity contribution in [2.45, 2.75) is 84.7 Å². The zero-order valence-corrected chi connectivity index (χ0v) is 17.1. The average molecular weight is 387 g/mol. The zero-order chi connectivity index (χ0) is 20.8. The topological polar surface area (TPSA) is 38.3 Å². The summed E-state index contributed by atoms with van der Waals surface area (Å²) in [6.07, 6.45) is 3.03. The molecule has 0 aromatic rings. The molecule has 0 saturated carbocycles. The number of carbonyl (C=O) groups excluding carboxylic acids is 1. The molecule has 3 atom stereocenters. The van der Waals surface area contributed by atoms with Crippen molar-refractivity contribution in [3.8, 4) is 0 Å². The minimum atomic E-state index is -4.36. The lowest BCUT2D eigenvalue weighted by molar-refractivity contribution is -0.160. The van der Waals surface area contributed by atoms with Crippen LogP contribution < -0.4 is 5.32 Å². The number of esters is 1. The number of ether oxygens (including phenoxy) is 1. The van der Waals surface area contributed by atoms with Crippen molar-refractivity contribution in [3.05, 3.63) is 35.5 Å². The molecule has 1 heterocycles. The fraction of sp³-hybridized carbons (Fsp3) is 0.667. The van der Waals surface area contributed by atoms with E-state index >= 15 is 0 Å². The highest BCUT2D eigenvalue weighted by molar-refractivity contribution is 5.77. The Morgan fingerprint density at radius 1 is 1.26 bits per heavy atom. The predicted octanol–water partition coefficient (Wildman–Crippen LogP) is 5.49. The molecule has 0 amide bonds. The number of nitrogens with one attached hydrogen (secondary N) is 1. The normalized spacial score (nSPS) is 23.3. The second kappa shape index (κ2) is 9.58. The second-order valence-corrected chi connectivity index (χ2v) is 7.95. The maximum atomic E-state index is 13.1. The van der Waals surface area contributed by atoms with Gasteiger partial charge < -0.3 is 10.1 Å². The first kappa shape index (κ1) is 23.5. The van der Waals surface area contributed by atoms with Crippen LogP contribution in [0.15, 0.2) is 35.5 Å². The van der Waals surface area contributed by atoms with Gasteiger partial charge in [0.1, 0.15) is 11.6 Å². The Morgan fingerprint density at radius 2 is 1.85 bits per heavy atom. The Labute approximate surface area is 160 Å². The average Bonchev–Trinajstić information content (AvgIpc) is 2.46. The van der Waals surface area contributed by atoms with Crippen LogP contribution in [0, 0.1) is 5.92 Å². The maximum absolute atomic E-state index is 13.1. The Morgan fingerprint density at radius 3 is 2.30 bits per heavy atom. The summed E-state index contributed by atoms with van der Waals surface area (Å²) in [4.78, 5) is 12.0. The minimum Gasteiger partial charge on any atom is -0.459 e. The van der Waals surface area contributed by atoms with Gasteiger partial charge in [-0.15, -0.1) is 0 Å². The van der Waals surface area contributed by atoms with Gasteiger partial charge >= 0.3 is 12.1 Å². The molecule has 154 valence electrons. The van der Waals surface area contributed by atoms with E-state index in [1.165, 1.54) is 12.2 Å². The van der Waals surface area contributed by atoms with Crippen LogP contribution in [0.1, 0.15) is 60.8 Å². The van der Waals surface area contributed by atoms with Crippen LogP contribution >= 0.6 is 0 Å². The molecular weight excluding hydrogens is 355 g/mol. The summed E-state index contributed by atoms with van der Waals surface area (Å²) < 4.78 is 44.7. The van der Waals surface area contributed by atoms with Crippen molar-refractivity contribution >= 4 is 5.97 Å². The lowest BCUT2D eigenvalue weighted by atomic mass is 9.82. The summed E-state index contributed by atoms with van der Waals surface area (Å²) in [5.74, 6) is -0.295. The van der Waals surface area contributed by atoms with Crippen LogP contribution in [0.5, 0.6) is 0 Å². The Bertz CT molecular complexity index is 592. The highest BCUT2D eigenvalue weighted by atomic mass is 19.4. The molecule has 0 spiro atoms. The Kier molecular flexibility index (Phi) is 8.33. The van der Waals surface area contributed by atoms with E-state index in [2.05, 4.69) is 5.32 Å². The van der Waals surface area contributed by atoms with Gasteiger partial charge in [0.2, 0.25) is 0 Å². The number of alkyl halides is 3. The first-order chi connectivity index (χ1) is 12.4. The van der Waals surface area contributed by atoms with E-state index in [1.54, 1.807) is 0 Å². The SMILES string of the molecule is C\C=C(/C=C\C(=C\CCC)C(F)(F)F)[C@@H](C)C1CC(C(=O)OC(C)(C)C)N1. The first-order valence-electron chi connectivity index (χ1n) is 9.49.